The summed E-state index contributed by atoms with van der Waals surface area (Å²) in [4.78, 5) is 26.1. The van der Waals surface area contributed by atoms with Gasteiger partial charge in [-0.15, -0.1) is 0 Å². The Morgan fingerprint density at radius 2 is 1.84 bits per heavy atom. The molecule has 0 aromatic heterocycles. The summed E-state index contributed by atoms with van der Waals surface area (Å²) in [5.74, 6) is -0.485. The third-order valence-electron chi connectivity index (χ3n) is 3.32. The van der Waals surface area contributed by atoms with E-state index in [0.717, 1.165) is 0 Å². The van der Waals surface area contributed by atoms with Crippen molar-refractivity contribution >= 4 is 11.9 Å². The maximum atomic E-state index is 12.6. The van der Waals surface area contributed by atoms with E-state index in [1.807, 2.05) is 32.0 Å². The van der Waals surface area contributed by atoms with Crippen molar-refractivity contribution in [3.63, 3.8) is 0 Å². The third-order valence-corrected chi connectivity index (χ3v) is 3.32. The Hall–Kier alpha value is -1.84. The number of nitrogens with zero attached hydrogens (tertiary/aromatic N) is 1. The van der Waals surface area contributed by atoms with Crippen molar-refractivity contribution < 1.29 is 14.3 Å². The molecule has 1 aromatic carbocycles. The second-order valence-corrected chi connectivity index (χ2v) is 5.60. The number of hydrogen-bond donors (Lipinski definition) is 0. The molecule has 0 saturated carbocycles. The van der Waals surface area contributed by atoms with Crippen LogP contribution in [0.15, 0.2) is 30.3 Å². The average molecular weight is 261 g/mol. The Bertz CT molecular complexity index is 493. The van der Waals surface area contributed by atoms with Crippen LogP contribution in [-0.2, 0) is 9.53 Å². The maximum Gasteiger partial charge on any atom is 0.331 e. The van der Waals surface area contributed by atoms with Gasteiger partial charge in [-0.1, -0.05) is 32.0 Å². The van der Waals surface area contributed by atoms with Crippen LogP contribution in [0.5, 0.6) is 0 Å². The first-order valence-electron chi connectivity index (χ1n) is 6.46. The largest absolute Gasteiger partial charge is 0.438 e. The predicted octanol–water partition coefficient (Wildman–Crippen LogP) is 2.45. The molecule has 1 amide bonds. The lowest BCUT2D eigenvalue weighted by Gasteiger charge is -2.33. The van der Waals surface area contributed by atoms with Crippen LogP contribution in [0, 0.1) is 5.92 Å². The van der Waals surface area contributed by atoms with Crippen LogP contribution in [0.25, 0.3) is 0 Å². The quantitative estimate of drug-likeness (QED) is 0.768. The molecule has 1 aliphatic heterocycles. The minimum absolute atomic E-state index is 0.0157. The van der Waals surface area contributed by atoms with Crippen LogP contribution in [0.3, 0.4) is 0 Å². The van der Waals surface area contributed by atoms with Crippen LogP contribution in [-0.4, -0.2) is 28.5 Å². The van der Waals surface area contributed by atoms with E-state index in [-0.39, 0.29) is 17.8 Å². The first-order valence-corrected chi connectivity index (χ1v) is 6.46. The molecular weight excluding hydrogens is 242 g/mol. The Labute approximate surface area is 113 Å². The molecule has 2 rings (SSSR count). The zero-order valence-corrected chi connectivity index (χ0v) is 11.7. The number of rotatable bonds is 2. The fourth-order valence-corrected chi connectivity index (χ4v) is 2.46. The normalized spacial score (nSPS) is 21.6. The molecule has 0 spiro atoms. The Kier molecular flexibility index (Phi) is 3.35. The molecule has 0 aliphatic carbocycles. The van der Waals surface area contributed by atoms with Gasteiger partial charge in [-0.05, 0) is 31.9 Å². The molecule has 4 nitrogen and oxygen atoms in total. The Morgan fingerprint density at radius 1 is 1.26 bits per heavy atom. The van der Waals surface area contributed by atoms with Gasteiger partial charge < -0.3 is 4.74 Å². The molecule has 0 unspecified atom stereocenters. The van der Waals surface area contributed by atoms with Crippen molar-refractivity contribution in [2.75, 3.05) is 0 Å². The number of hydrogen-bond acceptors (Lipinski definition) is 3. The highest BCUT2D eigenvalue weighted by molar-refractivity contribution is 5.98. The van der Waals surface area contributed by atoms with E-state index in [9.17, 15) is 9.59 Å². The van der Waals surface area contributed by atoms with Gasteiger partial charge in [0.05, 0.1) is 0 Å². The number of benzene rings is 1. The van der Waals surface area contributed by atoms with Gasteiger partial charge in [0, 0.05) is 5.56 Å². The molecule has 19 heavy (non-hydrogen) atoms. The number of cyclic esters (lactones) is 1. The van der Waals surface area contributed by atoms with E-state index in [4.69, 9.17) is 4.74 Å². The lowest BCUT2D eigenvalue weighted by Crippen LogP contribution is -2.49. The van der Waals surface area contributed by atoms with Crippen molar-refractivity contribution in [1.82, 2.24) is 4.90 Å². The smallest absolute Gasteiger partial charge is 0.331 e. The first-order chi connectivity index (χ1) is 8.84. The molecule has 1 aliphatic rings. The van der Waals surface area contributed by atoms with E-state index in [1.165, 1.54) is 0 Å². The first kappa shape index (κ1) is 13.6. The topological polar surface area (TPSA) is 46.6 Å². The van der Waals surface area contributed by atoms with Gasteiger partial charge in [0.1, 0.15) is 6.04 Å². The van der Waals surface area contributed by atoms with Crippen molar-refractivity contribution in [1.29, 1.82) is 0 Å². The molecule has 1 aromatic rings. The fraction of sp³-hybridized carbons (Fsp3) is 0.467. The summed E-state index contributed by atoms with van der Waals surface area (Å²) in [6.07, 6.45) is 0. The van der Waals surface area contributed by atoms with Crippen molar-refractivity contribution in [2.24, 2.45) is 5.92 Å². The van der Waals surface area contributed by atoms with Crippen LogP contribution in [0.2, 0.25) is 0 Å². The summed E-state index contributed by atoms with van der Waals surface area (Å²) in [5.41, 5.74) is -0.335. The monoisotopic (exact) mass is 261 g/mol. The molecule has 4 heteroatoms. The van der Waals surface area contributed by atoms with Crippen LogP contribution < -0.4 is 0 Å². The van der Waals surface area contributed by atoms with Crippen LogP contribution in [0.1, 0.15) is 38.1 Å². The average Bonchev–Trinajstić information content (AvgIpc) is 2.58. The fourth-order valence-electron chi connectivity index (χ4n) is 2.46. The summed E-state index contributed by atoms with van der Waals surface area (Å²) < 4.78 is 5.34. The number of esters is 1. The number of carbonyl (C=O) groups excluding carboxylic acids is 2. The molecule has 1 heterocycles. The molecule has 1 saturated heterocycles. The molecule has 0 bridgehead atoms. The van der Waals surface area contributed by atoms with Gasteiger partial charge in [0.2, 0.25) is 0 Å². The van der Waals surface area contributed by atoms with E-state index >= 15 is 0 Å². The number of carbonyl (C=O) groups is 2. The van der Waals surface area contributed by atoms with Gasteiger partial charge in [-0.3, -0.25) is 9.69 Å². The third kappa shape index (κ3) is 2.35. The summed E-state index contributed by atoms with van der Waals surface area (Å²) in [6, 6.07) is 8.44. The van der Waals surface area contributed by atoms with E-state index in [1.54, 1.807) is 30.9 Å². The van der Waals surface area contributed by atoms with Crippen molar-refractivity contribution in [3.05, 3.63) is 35.9 Å². The lowest BCUT2D eigenvalue weighted by atomic mass is 10.0. The van der Waals surface area contributed by atoms with E-state index in [0.29, 0.717) is 5.56 Å². The summed E-state index contributed by atoms with van der Waals surface area (Å²) in [7, 11) is 0. The van der Waals surface area contributed by atoms with Gasteiger partial charge in [-0.2, -0.15) is 0 Å². The van der Waals surface area contributed by atoms with Crippen LogP contribution >= 0.6 is 0 Å². The van der Waals surface area contributed by atoms with Gasteiger partial charge in [0.25, 0.3) is 5.91 Å². The van der Waals surface area contributed by atoms with Gasteiger partial charge >= 0.3 is 5.97 Å². The van der Waals surface area contributed by atoms with Gasteiger partial charge in [0.15, 0.2) is 5.72 Å². The van der Waals surface area contributed by atoms with E-state index in [2.05, 4.69) is 0 Å². The second kappa shape index (κ2) is 4.68. The molecule has 1 fully saturated rings. The SMILES string of the molecule is CC(C)[C@H]1C(=O)OC(C)(C)N1C(=O)c1ccccc1. The van der Waals surface area contributed by atoms with Crippen molar-refractivity contribution in [2.45, 2.75) is 39.5 Å². The molecule has 0 N–H and O–H groups in total. The van der Waals surface area contributed by atoms with Crippen molar-refractivity contribution in [3.8, 4) is 0 Å². The zero-order chi connectivity index (χ0) is 14.2. The standard InChI is InChI=1S/C15H19NO3/c1-10(2)12-14(18)19-15(3,4)16(12)13(17)11-8-6-5-7-9-11/h5-10,12H,1-4H3/t12-/m0/s1. The number of amides is 1. The minimum Gasteiger partial charge on any atom is -0.438 e. The predicted molar refractivity (Wildman–Crippen MR) is 71.4 cm³/mol. The van der Waals surface area contributed by atoms with Crippen LogP contribution in [0.4, 0.5) is 0 Å². The highest BCUT2D eigenvalue weighted by atomic mass is 16.6. The summed E-state index contributed by atoms with van der Waals surface area (Å²) in [6.45, 7) is 7.32. The lowest BCUT2D eigenvalue weighted by molar-refractivity contribution is -0.148. The molecular formula is C15H19NO3. The zero-order valence-electron chi connectivity index (χ0n) is 11.7. The highest BCUT2D eigenvalue weighted by Gasteiger charge is 2.51. The van der Waals surface area contributed by atoms with Gasteiger partial charge in [-0.25, -0.2) is 4.79 Å². The Balaban J connectivity index is 2.40. The second-order valence-electron chi connectivity index (χ2n) is 5.60. The summed E-state index contributed by atoms with van der Waals surface area (Å²) in [5, 5.41) is 0. The maximum absolute atomic E-state index is 12.6. The molecule has 0 radical (unpaired) electrons. The molecule has 1 atom stereocenters. The van der Waals surface area contributed by atoms with E-state index < -0.39 is 11.8 Å². The Morgan fingerprint density at radius 3 is 2.37 bits per heavy atom. The highest BCUT2D eigenvalue weighted by Crippen LogP contribution is 2.33. The number of ether oxygens (including phenoxy) is 1. The minimum atomic E-state index is -0.904. The summed E-state index contributed by atoms with van der Waals surface area (Å²) >= 11 is 0. The molecule has 102 valence electrons.